The van der Waals surface area contributed by atoms with E-state index in [1.165, 1.54) is 0 Å². The van der Waals surface area contributed by atoms with Gasteiger partial charge in [0.05, 0.1) is 12.7 Å². The van der Waals surface area contributed by atoms with Crippen LogP contribution in [0.1, 0.15) is 25.7 Å². The molecule has 0 aromatic rings. The molecule has 0 bridgehead atoms. The molecule has 1 fully saturated rings. The molecule has 0 saturated heterocycles. The van der Waals surface area contributed by atoms with Crippen LogP contribution in [-0.2, 0) is 0 Å². The Morgan fingerprint density at radius 3 is 2.50 bits per heavy atom. The third kappa shape index (κ3) is 1.31. The summed E-state index contributed by atoms with van der Waals surface area (Å²) in [5.41, 5.74) is -1.21. The Bertz CT molecular complexity index is 115. The summed E-state index contributed by atoms with van der Waals surface area (Å²) in [6.07, 6.45) is 2.24. The SMILES string of the molecule is OC[C@@]1(O)CCCC[C@H]1O. The summed E-state index contributed by atoms with van der Waals surface area (Å²) >= 11 is 0. The van der Waals surface area contributed by atoms with E-state index in [0.717, 1.165) is 12.8 Å². The molecule has 1 aliphatic rings. The van der Waals surface area contributed by atoms with Crippen molar-refractivity contribution in [2.45, 2.75) is 37.4 Å². The normalized spacial score (nSPS) is 41.7. The lowest BCUT2D eigenvalue weighted by atomic mass is 9.83. The van der Waals surface area contributed by atoms with Crippen molar-refractivity contribution in [3.05, 3.63) is 0 Å². The minimum atomic E-state index is -1.21. The molecule has 0 aromatic carbocycles. The van der Waals surface area contributed by atoms with Gasteiger partial charge in [0, 0.05) is 0 Å². The van der Waals surface area contributed by atoms with Gasteiger partial charge in [0.1, 0.15) is 5.60 Å². The van der Waals surface area contributed by atoms with Gasteiger partial charge in [0.25, 0.3) is 0 Å². The van der Waals surface area contributed by atoms with E-state index < -0.39 is 11.7 Å². The van der Waals surface area contributed by atoms with Crippen molar-refractivity contribution in [1.29, 1.82) is 0 Å². The van der Waals surface area contributed by atoms with Crippen LogP contribution < -0.4 is 0 Å². The topological polar surface area (TPSA) is 60.7 Å². The van der Waals surface area contributed by atoms with E-state index in [9.17, 15) is 10.2 Å². The molecule has 3 heteroatoms. The Morgan fingerprint density at radius 1 is 1.40 bits per heavy atom. The zero-order chi connectivity index (χ0) is 7.61. The van der Waals surface area contributed by atoms with E-state index in [1.54, 1.807) is 0 Å². The molecule has 1 aliphatic carbocycles. The first kappa shape index (κ1) is 7.98. The minimum Gasteiger partial charge on any atom is -0.393 e. The predicted octanol–water partition coefficient (Wildman–Crippen LogP) is -0.355. The predicted molar refractivity (Wildman–Crippen MR) is 36.5 cm³/mol. The van der Waals surface area contributed by atoms with Gasteiger partial charge in [0.2, 0.25) is 0 Å². The van der Waals surface area contributed by atoms with Gasteiger partial charge >= 0.3 is 0 Å². The summed E-state index contributed by atoms with van der Waals surface area (Å²) in [5.74, 6) is 0. The molecule has 0 spiro atoms. The van der Waals surface area contributed by atoms with E-state index in [4.69, 9.17) is 5.11 Å². The fraction of sp³-hybridized carbons (Fsp3) is 1.00. The van der Waals surface area contributed by atoms with Crippen LogP contribution in [0.4, 0.5) is 0 Å². The quantitative estimate of drug-likeness (QED) is 0.473. The highest BCUT2D eigenvalue weighted by molar-refractivity contribution is 4.89. The highest BCUT2D eigenvalue weighted by Crippen LogP contribution is 2.27. The first-order valence-corrected chi connectivity index (χ1v) is 3.70. The van der Waals surface area contributed by atoms with Crippen LogP contribution in [0, 0.1) is 0 Å². The average Bonchev–Trinajstić information content (AvgIpc) is 1.96. The van der Waals surface area contributed by atoms with E-state index in [1.807, 2.05) is 0 Å². The Balaban J connectivity index is 2.54. The summed E-state index contributed by atoms with van der Waals surface area (Å²) < 4.78 is 0. The van der Waals surface area contributed by atoms with Gasteiger partial charge in [0.15, 0.2) is 0 Å². The number of aliphatic hydroxyl groups is 3. The second kappa shape index (κ2) is 2.86. The van der Waals surface area contributed by atoms with Crippen molar-refractivity contribution >= 4 is 0 Å². The molecular formula is C7H14O3. The number of hydrogen-bond acceptors (Lipinski definition) is 3. The maximum Gasteiger partial charge on any atom is 0.113 e. The lowest BCUT2D eigenvalue weighted by Gasteiger charge is -2.34. The third-order valence-electron chi connectivity index (χ3n) is 2.23. The maximum atomic E-state index is 9.45. The fourth-order valence-corrected chi connectivity index (χ4v) is 1.39. The molecule has 3 nitrogen and oxygen atoms in total. The highest BCUT2D eigenvalue weighted by atomic mass is 16.4. The fourth-order valence-electron chi connectivity index (χ4n) is 1.39. The molecule has 0 aliphatic heterocycles. The van der Waals surface area contributed by atoms with Crippen molar-refractivity contribution < 1.29 is 15.3 Å². The van der Waals surface area contributed by atoms with E-state index in [0.29, 0.717) is 12.8 Å². The first-order valence-electron chi connectivity index (χ1n) is 3.70. The molecule has 0 heterocycles. The van der Waals surface area contributed by atoms with E-state index in [-0.39, 0.29) is 6.61 Å². The van der Waals surface area contributed by atoms with Crippen molar-refractivity contribution in [1.82, 2.24) is 0 Å². The van der Waals surface area contributed by atoms with Gasteiger partial charge in [-0.15, -0.1) is 0 Å². The van der Waals surface area contributed by atoms with Crippen LogP contribution >= 0.6 is 0 Å². The molecule has 0 unspecified atom stereocenters. The van der Waals surface area contributed by atoms with Crippen molar-refractivity contribution in [2.75, 3.05) is 6.61 Å². The minimum absolute atomic E-state index is 0.325. The third-order valence-corrected chi connectivity index (χ3v) is 2.23. The van der Waals surface area contributed by atoms with Crippen LogP contribution in [-0.4, -0.2) is 33.6 Å². The van der Waals surface area contributed by atoms with E-state index in [2.05, 4.69) is 0 Å². The van der Waals surface area contributed by atoms with Crippen LogP contribution in [0.25, 0.3) is 0 Å². The zero-order valence-corrected chi connectivity index (χ0v) is 5.95. The monoisotopic (exact) mass is 146 g/mol. The van der Waals surface area contributed by atoms with Crippen molar-refractivity contribution in [2.24, 2.45) is 0 Å². The smallest absolute Gasteiger partial charge is 0.113 e. The Labute approximate surface area is 60.3 Å². The molecule has 2 atom stereocenters. The van der Waals surface area contributed by atoms with Gasteiger partial charge in [-0.2, -0.15) is 0 Å². The Morgan fingerprint density at radius 2 is 2.10 bits per heavy atom. The molecule has 1 saturated carbocycles. The molecule has 3 N–H and O–H groups in total. The molecule has 60 valence electrons. The number of aliphatic hydroxyl groups excluding tert-OH is 2. The van der Waals surface area contributed by atoms with Gasteiger partial charge in [-0.1, -0.05) is 12.8 Å². The van der Waals surface area contributed by atoms with E-state index >= 15 is 0 Å². The standard InChI is InChI=1S/C7H14O3/c8-5-7(10)4-2-1-3-6(7)9/h6,8-10H,1-5H2/t6-,7+/m1/s1. The van der Waals surface area contributed by atoms with Crippen LogP contribution in [0.15, 0.2) is 0 Å². The second-order valence-electron chi connectivity index (χ2n) is 3.02. The molecule has 1 rings (SSSR count). The molecule has 10 heavy (non-hydrogen) atoms. The number of hydrogen-bond donors (Lipinski definition) is 3. The maximum absolute atomic E-state index is 9.45. The second-order valence-corrected chi connectivity index (χ2v) is 3.02. The molecule has 0 amide bonds. The summed E-state index contributed by atoms with van der Waals surface area (Å²) in [5, 5.41) is 27.4. The van der Waals surface area contributed by atoms with Gasteiger partial charge in [-0.05, 0) is 12.8 Å². The summed E-state index contributed by atoms with van der Waals surface area (Å²) in [6.45, 7) is -0.325. The Hall–Kier alpha value is -0.120. The lowest BCUT2D eigenvalue weighted by molar-refractivity contribution is -0.126. The lowest BCUT2D eigenvalue weighted by Crippen LogP contribution is -2.47. The van der Waals surface area contributed by atoms with Crippen LogP contribution in [0.2, 0.25) is 0 Å². The Kier molecular flexibility index (Phi) is 2.28. The largest absolute Gasteiger partial charge is 0.393 e. The van der Waals surface area contributed by atoms with Gasteiger partial charge in [-0.25, -0.2) is 0 Å². The van der Waals surface area contributed by atoms with Gasteiger partial charge in [-0.3, -0.25) is 0 Å². The zero-order valence-electron chi connectivity index (χ0n) is 5.95. The van der Waals surface area contributed by atoms with Crippen LogP contribution in [0.3, 0.4) is 0 Å². The first-order chi connectivity index (χ1) is 4.69. The van der Waals surface area contributed by atoms with Crippen molar-refractivity contribution in [3.8, 4) is 0 Å². The molecular weight excluding hydrogens is 132 g/mol. The molecule has 0 aromatic heterocycles. The average molecular weight is 146 g/mol. The van der Waals surface area contributed by atoms with Crippen molar-refractivity contribution in [3.63, 3.8) is 0 Å². The van der Waals surface area contributed by atoms with Crippen LogP contribution in [0.5, 0.6) is 0 Å². The summed E-state index contributed by atoms with van der Waals surface area (Å²) in [7, 11) is 0. The highest BCUT2D eigenvalue weighted by Gasteiger charge is 2.36. The van der Waals surface area contributed by atoms with Gasteiger partial charge < -0.3 is 15.3 Å². The summed E-state index contributed by atoms with van der Waals surface area (Å²) in [6, 6.07) is 0. The number of rotatable bonds is 1. The molecule has 0 radical (unpaired) electrons. The summed E-state index contributed by atoms with van der Waals surface area (Å²) in [4.78, 5) is 0.